The van der Waals surface area contributed by atoms with Crippen molar-refractivity contribution in [3.8, 4) is 0 Å². The number of carbonyl (C=O) groups is 1. The van der Waals surface area contributed by atoms with Crippen LogP contribution in [0.2, 0.25) is 5.28 Å². The molecule has 0 bridgehead atoms. The monoisotopic (exact) mass is 351 g/mol. The summed E-state index contributed by atoms with van der Waals surface area (Å²) in [7, 11) is 1.88. The Bertz CT molecular complexity index is 1140. The molecule has 2 aromatic carbocycles. The molecule has 124 valence electrons. The highest BCUT2D eigenvalue weighted by Crippen LogP contribution is 2.30. The maximum atomic E-state index is 11.9. The summed E-state index contributed by atoms with van der Waals surface area (Å²) >= 11 is 6.05. The summed E-state index contributed by atoms with van der Waals surface area (Å²) in [5, 5.41) is 6.04. The summed E-state index contributed by atoms with van der Waals surface area (Å²) in [6.07, 6.45) is 1.87. The number of fused-ring (bicyclic) bond motifs is 2. The molecular formula is C18H14ClN5O. The minimum atomic E-state index is -0.516. The molecule has 4 aromatic rings. The van der Waals surface area contributed by atoms with E-state index in [1.54, 1.807) is 6.07 Å². The Morgan fingerprint density at radius 1 is 1.16 bits per heavy atom. The molecule has 0 aliphatic heterocycles. The highest BCUT2D eigenvalue weighted by atomic mass is 35.5. The number of nitrogens with zero attached hydrogens (tertiary/aromatic N) is 3. The average molecular weight is 352 g/mol. The number of rotatable bonds is 3. The minimum absolute atomic E-state index is 0.123. The zero-order valence-electron chi connectivity index (χ0n) is 13.3. The number of benzene rings is 2. The number of carbonyl (C=O) groups excluding carboxylic acids is 1. The van der Waals surface area contributed by atoms with E-state index in [1.807, 2.05) is 54.2 Å². The number of aromatic nitrogens is 3. The van der Waals surface area contributed by atoms with E-state index < -0.39 is 5.91 Å². The molecule has 0 aliphatic carbocycles. The first kappa shape index (κ1) is 15.4. The van der Waals surface area contributed by atoms with Gasteiger partial charge >= 0.3 is 0 Å². The van der Waals surface area contributed by atoms with Gasteiger partial charge in [0.25, 0.3) is 5.91 Å². The number of halogens is 1. The number of anilines is 2. The molecule has 0 unspecified atom stereocenters. The average Bonchev–Trinajstić information content (AvgIpc) is 2.95. The van der Waals surface area contributed by atoms with Gasteiger partial charge in [-0.3, -0.25) is 4.79 Å². The zero-order valence-corrected chi connectivity index (χ0v) is 14.1. The third-order valence-electron chi connectivity index (χ3n) is 4.10. The maximum absolute atomic E-state index is 11.9. The molecule has 1 amide bonds. The highest BCUT2D eigenvalue weighted by Gasteiger charge is 2.14. The summed E-state index contributed by atoms with van der Waals surface area (Å²) in [6, 6.07) is 13.3. The highest BCUT2D eigenvalue weighted by molar-refractivity contribution is 6.28. The van der Waals surface area contributed by atoms with Gasteiger partial charge in [-0.2, -0.15) is 9.97 Å². The largest absolute Gasteiger partial charge is 0.366 e. The van der Waals surface area contributed by atoms with Crippen molar-refractivity contribution in [3.05, 3.63) is 59.5 Å². The summed E-state index contributed by atoms with van der Waals surface area (Å²) in [5.41, 5.74) is 7.22. The summed E-state index contributed by atoms with van der Waals surface area (Å²) in [6.45, 7) is 0. The molecule has 0 atom stereocenters. The molecule has 0 saturated carbocycles. The smallest absolute Gasteiger partial charge is 0.250 e. The molecule has 0 spiro atoms. The Morgan fingerprint density at radius 3 is 2.60 bits per heavy atom. The van der Waals surface area contributed by atoms with Gasteiger partial charge < -0.3 is 15.6 Å². The fourth-order valence-corrected chi connectivity index (χ4v) is 3.05. The van der Waals surface area contributed by atoms with E-state index in [2.05, 4.69) is 15.3 Å². The third kappa shape index (κ3) is 2.66. The molecule has 2 aromatic heterocycles. The second kappa shape index (κ2) is 5.75. The Morgan fingerprint density at radius 2 is 1.88 bits per heavy atom. The van der Waals surface area contributed by atoms with E-state index in [-0.39, 0.29) is 5.28 Å². The second-order valence-corrected chi connectivity index (χ2v) is 6.08. The summed E-state index contributed by atoms with van der Waals surface area (Å²) in [4.78, 5) is 20.4. The number of nitrogens with one attached hydrogen (secondary N) is 1. The van der Waals surface area contributed by atoms with E-state index in [4.69, 9.17) is 17.3 Å². The Hall–Kier alpha value is -3.12. The molecule has 0 fully saturated rings. The molecule has 0 saturated heterocycles. The van der Waals surface area contributed by atoms with Crippen molar-refractivity contribution in [2.24, 2.45) is 12.8 Å². The molecule has 7 heteroatoms. The number of hydrogen-bond donors (Lipinski definition) is 2. The van der Waals surface area contributed by atoms with Gasteiger partial charge in [-0.1, -0.05) is 24.3 Å². The fourth-order valence-electron chi connectivity index (χ4n) is 2.88. The lowest BCUT2D eigenvalue weighted by Gasteiger charge is -2.12. The molecule has 2 heterocycles. The van der Waals surface area contributed by atoms with Gasteiger partial charge in [0.15, 0.2) is 0 Å². The van der Waals surface area contributed by atoms with Crippen molar-refractivity contribution in [2.45, 2.75) is 0 Å². The van der Waals surface area contributed by atoms with Crippen molar-refractivity contribution in [1.82, 2.24) is 14.5 Å². The summed E-state index contributed by atoms with van der Waals surface area (Å²) < 4.78 is 1.85. The van der Waals surface area contributed by atoms with Crippen molar-refractivity contribution < 1.29 is 4.79 Å². The van der Waals surface area contributed by atoms with Crippen LogP contribution in [0.15, 0.2) is 48.7 Å². The lowest BCUT2D eigenvalue weighted by Crippen LogP contribution is -2.13. The van der Waals surface area contributed by atoms with E-state index >= 15 is 0 Å². The lowest BCUT2D eigenvalue weighted by molar-refractivity contribution is 0.100. The topological polar surface area (TPSA) is 85.8 Å². The molecular weight excluding hydrogens is 338 g/mol. The Kier molecular flexibility index (Phi) is 3.54. The van der Waals surface area contributed by atoms with Crippen LogP contribution in [0.3, 0.4) is 0 Å². The van der Waals surface area contributed by atoms with Crippen LogP contribution in [0.1, 0.15) is 10.4 Å². The third-order valence-corrected chi connectivity index (χ3v) is 4.27. The van der Waals surface area contributed by atoms with Gasteiger partial charge in [0.2, 0.25) is 5.28 Å². The Balaban J connectivity index is 1.91. The number of hydrogen-bond acceptors (Lipinski definition) is 4. The summed E-state index contributed by atoms with van der Waals surface area (Å²) in [5.74, 6) is 0.00564. The molecule has 0 radical (unpaired) electrons. The van der Waals surface area contributed by atoms with Gasteiger partial charge in [0, 0.05) is 13.2 Å². The van der Waals surface area contributed by atoms with Crippen LogP contribution in [0.25, 0.3) is 21.8 Å². The predicted molar refractivity (Wildman–Crippen MR) is 99.3 cm³/mol. The van der Waals surface area contributed by atoms with Crippen LogP contribution in [0.5, 0.6) is 0 Å². The van der Waals surface area contributed by atoms with Crippen LogP contribution in [0.4, 0.5) is 11.5 Å². The van der Waals surface area contributed by atoms with Crippen molar-refractivity contribution >= 4 is 50.8 Å². The Labute approximate surface area is 148 Å². The second-order valence-electron chi connectivity index (χ2n) is 5.74. The van der Waals surface area contributed by atoms with Gasteiger partial charge in [0.05, 0.1) is 16.6 Å². The maximum Gasteiger partial charge on any atom is 0.250 e. The van der Waals surface area contributed by atoms with Crippen LogP contribution in [-0.4, -0.2) is 20.4 Å². The van der Waals surface area contributed by atoms with Gasteiger partial charge in [-0.25, -0.2) is 0 Å². The number of amides is 1. The first-order chi connectivity index (χ1) is 12.0. The predicted octanol–water partition coefficient (Wildman–Crippen LogP) is 3.62. The lowest BCUT2D eigenvalue weighted by atomic mass is 10.0. The van der Waals surface area contributed by atoms with Crippen molar-refractivity contribution in [1.29, 1.82) is 0 Å². The van der Waals surface area contributed by atoms with Gasteiger partial charge in [-0.05, 0) is 40.6 Å². The minimum Gasteiger partial charge on any atom is -0.366 e. The quantitative estimate of drug-likeness (QED) is 0.552. The van der Waals surface area contributed by atoms with E-state index in [0.29, 0.717) is 22.7 Å². The van der Waals surface area contributed by atoms with Crippen LogP contribution in [-0.2, 0) is 7.05 Å². The van der Waals surface area contributed by atoms with Crippen molar-refractivity contribution in [2.75, 3.05) is 5.32 Å². The van der Waals surface area contributed by atoms with Crippen LogP contribution >= 0.6 is 11.6 Å². The molecule has 6 nitrogen and oxygen atoms in total. The molecule has 0 aliphatic rings. The van der Waals surface area contributed by atoms with Gasteiger partial charge in [-0.15, -0.1) is 0 Å². The van der Waals surface area contributed by atoms with Crippen LogP contribution < -0.4 is 11.1 Å². The standard InChI is InChI=1S/C18H14ClN5O/c1-24-7-6-12-16(22-18(19)23-17(12)24)21-14-9-11-5-3-2-4-10(11)8-13(14)15(20)25/h2-9H,1H3,(H2,20,25)(H,21,22,23). The number of aryl methyl sites for hydroxylation is 1. The number of nitrogens with two attached hydrogens (primary N) is 1. The van der Waals surface area contributed by atoms with E-state index in [1.165, 1.54) is 0 Å². The molecule has 4 rings (SSSR count). The SMILES string of the molecule is Cn1ccc2c(Nc3cc4ccccc4cc3C(N)=O)nc(Cl)nc21. The first-order valence-corrected chi connectivity index (χ1v) is 7.99. The van der Waals surface area contributed by atoms with Crippen LogP contribution in [0, 0.1) is 0 Å². The van der Waals surface area contributed by atoms with Crippen molar-refractivity contribution in [3.63, 3.8) is 0 Å². The zero-order chi connectivity index (χ0) is 17.6. The van der Waals surface area contributed by atoms with E-state index in [0.717, 1.165) is 16.2 Å². The first-order valence-electron chi connectivity index (χ1n) is 7.61. The number of primary amides is 1. The normalized spacial score (nSPS) is 11.1. The fraction of sp³-hybridized carbons (Fsp3) is 0.0556. The molecule has 25 heavy (non-hydrogen) atoms. The van der Waals surface area contributed by atoms with Gasteiger partial charge in [0.1, 0.15) is 11.5 Å². The van der Waals surface area contributed by atoms with E-state index in [9.17, 15) is 4.79 Å². The molecule has 3 N–H and O–H groups in total.